The number of aryl methyl sites for hydroxylation is 1. The first-order valence-corrected chi connectivity index (χ1v) is 5.88. The number of nitrogen functional groups attached to an aromatic ring is 1. The number of benzene rings is 1. The van der Waals surface area contributed by atoms with Gasteiger partial charge in [-0.1, -0.05) is 12.1 Å². The molecule has 3 aromatic rings. The quantitative estimate of drug-likeness (QED) is 0.723. The fourth-order valence-electron chi connectivity index (χ4n) is 2.02. The maximum absolute atomic E-state index is 5.86. The Morgan fingerprint density at radius 3 is 2.88 bits per heavy atom. The molecule has 0 aliphatic heterocycles. The van der Waals surface area contributed by atoms with E-state index in [1.807, 2.05) is 29.9 Å². The number of aromatic amines is 1. The molecule has 6 heteroatoms. The summed E-state index contributed by atoms with van der Waals surface area (Å²) in [5, 5.41) is 12.1. The molecular weight excluding hydrogens is 282 g/mol. The van der Waals surface area contributed by atoms with Crippen molar-refractivity contribution in [2.75, 3.05) is 5.73 Å². The molecule has 0 aliphatic carbocycles. The van der Waals surface area contributed by atoms with E-state index < -0.39 is 0 Å². The third-order valence-electron chi connectivity index (χ3n) is 2.78. The fourth-order valence-corrected chi connectivity index (χ4v) is 2.58. The predicted octanol–water partition coefficient (Wildman–Crippen LogP) is 2.31. The smallest absolute Gasteiger partial charge is 0.136 e. The highest BCUT2D eigenvalue weighted by Crippen LogP contribution is 2.33. The molecule has 0 saturated carbocycles. The molecule has 0 unspecified atom stereocenters. The van der Waals surface area contributed by atoms with Crippen LogP contribution < -0.4 is 5.73 Å². The van der Waals surface area contributed by atoms with E-state index in [9.17, 15) is 0 Å². The van der Waals surface area contributed by atoms with Crippen molar-refractivity contribution in [2.24, 2.45) is 7.05 Å². The topological polar surface area (TPSA) is 72.5 Å². The summed E-state index contributed by atoms with van der Waals surface area (Å²) in [5.41, 5.74) is 8.81. The Balaban J connectivity index is 2.42. The van der Waals surface area contributed by atoms with Gasteiger partial charge in [0.05, 0.1) is 11.7 Å². The first-order chi connectivity index (χ1) is 8.18. The molecule has 0 radical (unpaired) electrons. The minimum atomic E-state index is 0.565. The molecule has 0 amide bonds. The normalized spacial score (nSPS) is 11.2. The second kappa shape index (κ2) is 3.59. The number of rotatable bonds is 1. The molecule has 2 heterocycles. The average Bonchev–Trinajstić information content (AvgIpc) is 2.85. The summed E-state index contributed by atoms with van der Waals surface area (Å²) in [4.78, 5) is 0. The van der Waals surface area contributed by atoms with Crippen molar-refractivity contribution >= 4 is 32.7 Å². The Morgan fingerprint density at radius 1 is 1.35 bits per heavy atom. The second-order valence-corrected chi connectivity index (χ2v) is 4.56. The van der Waals surface area contributed by atoms with E-state index in [0.29, 0.717) is 5.82 Å². The van der Waals surface area contributed by atoms with E-state index in [1.54, 1.807) is 6.20 Å². The van der Waals surface area contributed by atoms with Gasteiger partial charge in [-0.15, -0.1) is 0 Å². The van der Waals surface area contributed by atoms with Crippen LogP contribution in [0, 0.1) is 0 Å². The highest BCUT2D eigenvalue weighted by Gasteiger charge is 2.14. The number of nitrogens with zero attached hydrogens (tertiary/aromatic N) is 3. The standard InChI is InChI=1S/C11H10BrN5/c1-17-9-6(8-5-14-15-11(8)13)3-2-4-7(9)10(12)16-17/h2-5H,1H3,(H3,13,14,15). The van der Waals surface area contributed by atoms with E-state index in [1.165, 1.54) is 0 Å². The van der Waals surface area contributed by atoms with Crippen molar-refractivity contribution in [3.63, 3.8) is 0 Å². The third-order valence-corrected chi connectivity index (χ3v) is 3.36. The lowest BCUT2D eigenvalue weighted by molar-refractivity contribution is 0.789. The lowest BCUT2D eigenvalue weighted by Crippen LogP contribution is -1.93. The molecule has 2 aromatic heterocycles. The van der Waals surface area contributed by atoms with Gasteiger partial charge in [0.15, 0.2) is 0 Å². The van der Waals surface area contributed by atoms with Gasteiger partial charge in [0, 0.05) is 23.6 Å². The van der Waals surface area contributed by atoms with Crippen molar-refractivity contribution < 1.29 is 0 Å². The van der Waals surface area contributed by atoms with Crippen molar-refractivity contribution in [3.05, 3.63) is 29.0 Å². The Morgan fingerprint density at radius 2 is 2.18 bits per heavy atom. The summed E-state index contributed by atoms with van der Waals surface area (Å²) in [6, 6.07) is 6.01. The molecule has 0 atom stereocenters. The molecule has 0 saturated heterocycles. The molecule has 17 heavy (non-hydrogen) atoms. The number of nitrogens with two attached hydrogens (primary N) is 1. The van der Waals surface area contributed by atoms with Crippen LogP contribution in [0.25, 0.3) is 22.0 Å². The van der Waals surface area contributed by atoms with Crippen LogP contribution in [-0.2, 0) is 7.05 Å². The van der Waals surface area contributed by atoms with Crippen molar-refractivity contribution in [1.82, 2.24) is 20.0 Å². The van der Waals surface area contributed by atoms with E-state index in [4.69, 9.17) is 5.73 Å². The monoisotopic (exact) mass is 291 g/mol. The van der Waals surface area contributed by atoms with Gasteiger partial charge < -0.3 is 5.73 Å². The molecule has 5 nitrogen and oxygen atoms in total. The summed E-state index contributed by atoms with van der Waals surface area (Å²) in [7, 11) is 1.91. The third kappa shape index (κ3) is 1.44. The number of halogens is 1. The van der Waals surface area contributed by atoms with Gasteiger partial charge >= 0.3 is 0 Å². The number of hydrogen-bond acceptors (Lipinski definition) is 3. The lowest BCUT2D eigenvalue weighted by atomic mass is 10.1. The highest BCUT2D eigenvalue weighted by molar-refractivity contribution is 9.10. The number of fused-ring (bicyclic) bond motifs is 1. The maximum atomic E-state index is 5.86. The maximum Gasteiger partial charge on any atom is 0.136 e. The summed E-state index contributed by atoms with van der Waals surface area (Å²) in [6.07, 6.45) is 1.73. The van der Waals surface area contributed by atoms with E-state index in [-0.39, 0.29) is 0 Å². The largest absolute Gasteiger partial charge is 0.384 e. The zero-order chi connectivity index (χ0) is 12.0. The molecule has 1 aromatic carbocycles. The van der Waals surface area contributed by atoms with Crippen LogP contribution in [0.15, 0.2) is 29.0 Å². The fraction of sp³-hybridized carbons (Fsp3) is 0.0909. The molecule has 0 bridgehead atoms. The number of hydrogen-bond donors (Lipinski definition) is 2. The first kappa shape index (κ1) is 10.3. The number of H-pyrrole nitrogens is 1. The summed E-state index contributed by atoms with van der Waals surface area (Å²) >= 11 is 3.45. The number of nitrogens with one attached hydrogen (secondary N) is 1. The summed E-state index contributed by atoms with van der Waals surface area (Å²) < 4.78 is 2.67. The van der Waals surface area contributed by atoms with Gasteiger partial charge in [0.1, 0.15) is 10.4 Å². The van der Waals surface area contributed by atoms with Crippen LogP contribution in [0.4, 0.5) is 5.82 Å². The van der Waals surface area contributed by atoms with Gasteiger partial charge in [-0.2, -0.15) is 10.2 Å². The molecule has 3 N–H and O–H groups in total. The van der Waals surface area contributed by atoms with E-state index in [0.717, 1.165) is 26.6 Å². The van der Waals surface area contributed by atoms with E-state index >= 15 is 0 Å². The zero-order valence-electron chi connectivity index (χ0n) is 9.11. The second-order valence-electron chi connectivity index (χ2n) is 3.81. The number of aromatic nitrogens is 4. The average molecular weight is 292 g/mol. The molecule has 3 rings (SSSR count). The minimum Gasteiger partial charge on any atom is -0.384 e. The molecule has 0 spiro atoms. The van der Waals surface area contributed by atoms with Crippen LogP contribution >= 0.6 is 15.9 Å². The Bertz CT molecular complexity index is 697. The van der Waals surface area contributed by atoms with Gasteiger partial charge in [-0.25, -0.2) is 0 Å². The van der Waals surface area contributed by atoms with Crippen LogP contribution in [0.5, 0.6) is 0 Å². The highest BCUT2D eigenvalue weighted by atomic mass is 79.9. The summed E-state index contributed by atoms with van der Waals surface area (Å²) in [5.74, 6) is 0.565. The minimum absolute atomic E-state index is 0.565. The number of anilines is 1. The van der Waals surface area contributed by atoms with E-state index in [2.05, 4.69) is 31.2 Å². The molecule has 0 aliphatic rings. The Hall–Kier alpha value is -1.82. The van der Waals surface area contributed by atoms with Crippen LogP contribution in [-0.4, -0.2) is 20.0 Å². The predicted molar refractivity (Wildman–Crippen MR) is 70.4 cm³/mol. The number of para-hydroxylation sites is 1. The van der Waals surface area contributed by atoms with Gasteiger partial charge in [0.25, 0.3) is 0 Å². The van der Waals surface area contributed by atoms with Crippen molar-refractivity contribution in [3.8, 4) is 11.1 Å². The SMILES string of the molecule is Cn1nc(Br)c2cccc(-c3cn[nH]c3N)c21. The summed E-state index contributed by atoms with van der Waals surface area (Å²) in [6.45, 7) is 0. The van der Waals surface area contributed by atoms with Crippen LogP contribution in [0.2, 0.25) is 0 Å². The van der Waals surface area contributed by atoms with Crippen LogP contribution in [0.1, 0.15) is 0 Å². The molecule has 0 fully saturated rings. The Labute approximate surface area is 106 Å². The van der Waals surface area contributed by atoms with Gasteiger partial charge in [-0.3, -0.25) is 9.78 Å². The van der Waals surface area contributed by atoms with Gasteiger partial charge in [0.2, 0.25) is 0 Å². The van der Waals surface area contributed by atoms with Crippen LogP contribution in [0.3, 0.4) is 0 Å². The lowest BCUT2D eigenvalue weighted by Gasteiger charge is -2.03. The van der Waals surface area contributed by atoms with Crippen molar-refractivity contribution in [1.29, 1.82) is 0 Å². The van der Waals surface area contributed by atoms with Gasteiger partial charge in [-0.05, 0) is 22.0 Å². The Kier molecular flexibility index (Phi) is 2.19. The first-order valence-electron chi connectivity index (χ1n) is 5.09. The molecular formula is C11H10BrN5. The zero-order valence-corrected chi connectivity index (χ0v) is 10.7. The molecule has 86 valence electrons. The van der Waals surface area contributed by atoms with Crippen molar-refractivity contribution in [2.45, 2.75) is 0 Å².